The largest absolute Gasteiger partial charge is 0.330 e. The number of carbonyl (C=O) groups is 2. The molecule has 2 amide bonds. The second kappa shape index (κ2) is 7.64. The summed E-state index contributed by atoms with van der Waals surface area (Å²) < 4.78 is 0. The Morgan fingerprint density at radius 2 is 2.08 bits per heavy atom. The highest BCUT2D eigenvalue weighted by Gasteiger charge is 2.34. The SMILES string of the molecule is Cc1cnc(NC(=O)CN(C(=O)CC(C)CC(C)(C)C)C2CC2)s1. The van der Waals surface area contributed by atoms with Crippen LogP contribution >= 0.6 is 11.3 Å². The smallest absolute Gasteiger partial charge is 0.245 e. The number of carbonyl (C=O) groups excluding carboxylic acids is 2. The van der Waals surface area contributed by atoms with E-state index in [9.17, 15) is 9.59 Å². The molecule has 24 heavy (non-hydrogen) atoms. The average molecular weight is 352 g/mol. The van der Waals surface area contributed by atoms with Gasteiger partial charge in [0.2, 0.25) is 11.8 Å². The molecule has 1 heterocycles. The van der Waals surface area contributed by atoms with E-state index >= 15 is 0 Å². The Labute approximate surface area is 148 Å². The lowest BCUT2D eigenvalue weighted by Crippen LogP contribution is -2.40. The highest BCUT2D eigenvalue weighted by molar-refractivity contribution is 7.15. The molecule has 1 N–H and O–H groups in total. The zero-order chi connectivity index (χ0) is 17.9. The molecule has 0 bridgehead atoms. The molecule has 1 aliphatic carbocycles. The third-order valence-electron chi connectivity index (χ3n) is 3.97. The molecular formula is C18H29N3O2S. The van der Waals surface area contributed by atoms with Gasteiger partial charge in [-0.1, -0.05) is 27.7 Å². The monoisotopic (exact) mass is 351 g/mol. The Morgan fingerprint density at radius 3 is 2.58 bits per heavy atom. The number of nitrogens with zero attached hydrogens (tertiary/aromatic N) is 2. The lowest BCUT2D eigenvalue weighted by atomic mass is 9.84. The highest BCUT2D eigenvalue weighted by Crippen LogP contribution is 2.30. The van der Waals surface area contributed by atoms with Crippen molar-refractivity contribution in [2.75, 3.05) is 11.9 Å². The van der Waals surface area contributed by atoms with Crippen LogP contribution in [0.3, 0.4) is 0 Å². The van der Waals surface area contributed by atoms with E-state index in [4.69, 9.17) is 0 Å². The maximum atomic E-state index is 12.6. The van der Waals surface area contributed by atoms with E-state index in [1.165, 1.54) is 11.3 Å². The van der Waals surface area contributed by atoms with Gasteiger partial charge in [0.15, 0.2) is 5.13 Å². The molecule has 2 rings (SSSR count). The lowest BCUT2D eigenvalue weighted by Gasteiger charge is -2.26. The fourth-order valence-corrected chi connectivity index (χ4v) is 3.75. The van der Waals surface area contributed by atoms with Gasteiger partial charge < -0.3 is 10.2 Å². The summed E-state index contributed by atoms with van der Waals surface area (Å²) in [6, 6.07) is 0.239. The van der Waals surface area contributed by atoms with E-state index in [0.29, 0.717) is 17.5 Å². The van der Waals surface area contributed by atoms with Crippen molar-refractivity contribution in [1.82, 2.24) is 9.88 Å². The first-order valence-electron chi connectivity index (χ1n) is 8.66. The first kappa shape index (κ1) is 18.9. The molecule has 1 saturated carbocycles. The molecule has 1 atom stereocenters. The highest BCUT2D eigenvalue weighted by atomic mass is 32.1. The number of hydrogen-bond acceptors (Lipinski definition) is 4. The molecule has 0 aliphatic heterocycles. The van der Waals surface area contributed by atoms with Crippen LogP contribution in [0.25, 0.3) is 0 Å². The molecule has 0 aromatic carbocycles. The van der Waals surface area contributed by atoms with Gasteiger partial charge >= 0.3 is 0 Å². The molecule has 0 saturated heterocycles. The van der Waals surface area contributed by atoms with Crippen molar-refractivity contribution in [3.05, 3.63) is 11.1 Å². The van der Waals surface area contributed by atoms with Crippen molar-refractivity contribution in [3.8, 4) is 0 Å². The molecular weight excluding hydrogens is 322 g/mol. The third-order valence-corrected chi connectivity index (χ3v) is 4.80. The van der Waals surface area contributed by atoms with Gasteiger partial charge in [0.1, 0.15) is 6.54 Å². The van der Waals surface area contributed by atoms with Gasteiger partial charge in [0.05, 0.1) is 0 Å². The number of amides is 2. The normalized spacial score (nSPS) is 15.9. The van der Waals surface area contributed by atoms with Crippen LogP contribution in [-0.4, -0.2) is 34.3 Å². The second-order valence-electron chi connectivity index (χ2n) is 8.15. The van der Waals surface area contributed by atoms with Crippen LogP contribution < -0.4 is 5.32 Å². The van der Waals surface area contributed by atoms with E-state index in [0.717, 1.165) is 24.1 Å². The molecule has 1 aromatic heterocycles. The molecule has 0 radical (unpaired) electrons. The van der Waals surface area contributed by atoms with Gasteiger partial charge in [-0.25, -0.2) is 4.98 Å². The van der Waals surface area contributed by atoms with Crippen LogP contribution in [0.1, 0.15) is 58.3 Å². The number of anilines is 1. The zero-order valence-corrected chi connectivity index (χ0v) is 16.2. The van der Waals surface area contributed by atoms with Gasteiger partial charge in [-0.2, -0.15) is 0 Å². The Bertz CT molecular complexity index is 587. The van der Waals surface area contributed by atoms with Gasteiger partial charge in [-0.05, 0) is 37.5 Å². The second-order valence-corrected chi connectivity index (χ2v) is 9.39. The standard InChI is InChI=1S/C18H29N3O2S/c1-12(9-18(3,4)5)8-16(23)21(14-6-7-14)11-15(22)20-17-19-10-13(2)24-17/h10,12,14H,6-9,11H2,1-5H3,(H,19,20,22). The summed E-state index contributed by atoms with van der Waals surface area (Å²) in [4.78, 5) is 31.8. The maximum absolute atomic E-state index is 12.6. The topological polar surface area (TPSA) is 62.3 Å². The van der Waals surface area contributed by atoms with Crippen LogP contribution in [0.5, 0.6) is 0 Å². The van der Waals surface area contributed by atoms with Gasteiger partial charge in [0, 0.05) is 23.5 Å². The van der Waals surface area contributed by atoms with Crippen LogP contribution in [0.2, 0.25) is 0 Å². The van der Waals surface area contributed by atoms with E-state index < -0.39 is 0 Å². The number of thiazole rings is 1. The van der Waals surface area contributed by atoms with Crippen molar-refractivity contribution < 1.29 is 9.59 Å². The fourth-order valence-electron chi connectivity index (χ4n) is 3.07. The van der Waals surface area contributed by atoms with E-state index in [1.807, 2.05) is 6.92 Å². The predicted octanol–water partition coefficient (Wildman–Crippen LogP) is 3.84. The summed E-state index contributed by atoms with van der Waals surface area (Å²) in [5, 5.41) is 3.40. The van der Waals surface area contributed by atoms with E-state index in [1.54, 1.807) is 11.1 Å². The summed E-state index contributed by atoms with van der Waals surface area (Å²) in [5.41, 5.74) is 0.212. The number of aryl methyl sites for hydroxylation is 1. The molecule has 0 spiro atoms. The van der Waals surface area contributed by atoms with E-state index in [2.05, 4.69) is 38.0 Å². The molecule has 1 fully saturated rings. The van der Waals surface area contributed by atoms with Crippen molar-refractivity contribution in [3.63, 3.8) is 0 Å². The quantitative estimate of drug-likeness (QED) is 0.812. The van der Waals surface area contributed by atoms with Crippen molar-refractivity contribution in [1.29, 1.82) is 0 Å². The molecule has 1 aromatic rings. The van der Waals surface area contributed by atoms with Crippen molar-refractivity contribution in [2.45, 2.75) is 66.3 Å². The minimum Gasteiger partial charge on any atom is -0.330 e. The first-order chi connectivity index (χ1) is 11.1. The maximum Gasteiger partial charge on any atom is 0.245 e. The van der Waals surface area contributed by atoms with Gasteiger partial charge in [-0.3, -0.25) is 9.59 Å². The van der Waals surface area contributed by atoms with Crippen molar-refractivity contribution >= 4 is 28.3 Å². The summed E-state index contributed by atoms with van der Waals surface area (Å²) >= 11 is 1.45. The molecule has 1 unspecified atom stereocenters. The molecule has 1 aliphatic rings. The Balaban J connectivity index is 1.89. The summed E-state index contributed by atoms with van der Waals surface area (Å²) in [6.45, 7) is 10.8. The Kier molecular flexibility index (Phi) is 6.01. The Morgan fingerprint density at radius 1 is 1.42 bits per heavy atom. The number of rotatable bonds is 7. The predicted molar refractivity (Wildman–Crippen MR) is 98.1 cm³/mol. The summed E-state index contributed by atoms with van der Waals surface area (Å²) in [7, 11) is 0. The van der Waals surface area contributed by atoms with E-state index in [-0.39, 0.29) is 29.8 Å². The number of hydrogen-bond donors (Lipinski definition) is 1. The van der Waals surface area contributed by atoms with Crippen LogP contribution in [-0.2, 0) is 9.59 Å². The minimum atomic E-state index is -0.159. The van der Waals surface area contributed by atoms with Crippen LogP contribution in [0.4, 0.5) is 5.13 Å². The Hall–Kier alpha value is -1.43. The molecule has 134 valence electrons. The molecule has 6 heteroatoms. The zero-order valence-electron chi connectivity index (χ0n) is 15.4. The van der Waals surface area contributed by atoms with Crippen molar-refractivity contribution in [2.24, 2.45) is 11.3 Å². The first-order valence-corrected chi connectivity index (χ1v) is 9.47. The molecule has 5 nitrogen and oxygen atoms in total. The minimum absolute atomic E-state index is 0.0970. The lowest BCUT2D eigenvalue weighted by molar-refractivity contribution is -0.136. The number of nitrogens with one attached hydrogen (secondary N) is 1. The average Bonchev–Trinajstić information content (AvgIpc) is 3.17. The fraction of sp³-hybridized carbons (Fsp3) is 0.722. The summed E-state index contributed by atoms with van der Waals surface area (Å²) in [6.07, 6.45) is 5.25. The van der Waals surface area contributed by atoms with Gasteiger partial charge in [-0.15, -0.1) is 11.3 Å². The number of aromatic nitrogens is 1. The van der Waals surface area contributed by atoms with Crippen LogP contribution in [0, 0.1) is 18.3 Å². The third kappa shape index (κ3) is 6.23. The van der Waals surface area contributed by atoms with Gasteiger partial charge in [0.25, 0.3) is 0 Å². The summed E-state index contributed by atoms with van der Waals surface area (Å²) in [5.74, 6) is 0.260. The van der Waals surface area contributed by atoms with Crippen LogP contribution in [0.15, 0.2) is 6.20 Å².